The van der Waals surface area contributed by atoms with E-state index in [1.807, 2.05) is 0 Å². The number of amides is 1. The number of thiophene rings is 1. The molecule has 1 amide bonds. The lowest BCUT2D eigenvalue weighted by atomic mass is 10.2. The van der Waals surface area contributed by atoms with Gasteiger partial charge in [0.15, 0.2) is 0 Å². The van der Waals surface area contributed by atoms with Gasteiger partial charge in [-0.05, 0) is 24.3 Å². The van der Waals surface area contributed by atoms with Crippen LogP contribution in [0, 0.1) is 11.3 Å². The molecular weight excluding hydrogens is 282 g/mol. The smallest absolute Gasteiger partial charge is 0.249 e. The van der Waals surface area contributed by atoms with Gasteiger partial charge in [-0.25, -0.2) is 0 Å². The zero-order valence-corrected chi connectivity index (χ0v) is 11.4. The van der Waals surface area contributed by atoms with Crippen LogP contribution >= 0.6 is 22.9 Å². The van der Waals surface area contributed by atoms with Crippen molar-refractivity contribution in [3.8, 4) is 6.07 Å². The minimum atomic E-state index is -0.442. The largest absolute Gasteiger partial charge is 0.379 e. The number of hydrogen-bond donors (Lipinski definition) is 2. The van der Waals surface area contributed by atoms with Gasteiger partial charge in [0.05, 0.1) is 16.8 Å². The van der Waals surface area contributed by atoms with Crippen molar-refractivity contribution in [1.82, 2.24) is 0 Å². The van der Waals surface area contributed by atoms with Crippen LogP contribution in [0.4, 0.5) is 5.69 Å². The molecule has 0 bridgehead atoms. The minimum absolute atomic E-state index is 0.442. The molecule has 1 aromatic heterocycles. The second-order valence-corrected chi connectivity index (χ2v) is 5.25. The van der Waals surface area contributed by atoms with E-state index in [9.17, 15) is 4.79 Å². The van der Waals surface area contributed by atoms with Crippen LogP contribution in [0.15, 0.2) is 29.6 Å². The van der Waals surface area contributed by atoms with Crippen molar-refractivity contribution in [2.24, 2.45) is 5.73 Å². The van der Waals surface area contributed by atoms with E-state index < -0.39 is 5.91 Å². The molecule has 0 atom stereocenters. The Balaban J connectivity index is 2.12. The van der Waals surface area contributed by atoms with Crippen LogP contribution in [-0.4, -0.2) is 5.91 Å². The average molecular weight is 292 g/mol. The summed E-state index contributed by atoms with van der Waals surface area (Å²) < 4.78 is 0. The van der Waals surface area contributed by atoms with E-state index in [4.69, 9.17) is 22.6 Å². The number of nitrogens with two attached hydrogens (primary N) is 1. The van der Waals surface area contributed by atoms with Crippen molar-refractivity contribution >= 4 is 34.5 Å². The van der Waals surface area contributed by atoms with Crippen molar-refractivity contribution < 1.29 is 4.79 Å². The third kappa shape index (κ3) is 3.25. The lowest BCUT2D eigenvalue weighted by Crippen LogP contribution is -2.09. The summed E-state index contributed by atoms with van der Waals surface area (Å²) in [6, 6.07) is 8.85. The highest BCUT2D eigenvalue weighted by molar-refractivity contribution is 7.10. The Morgan fingerprint density at radius 1 is 1.47 bits per heavy atom. The molecule has 3 N–H and O–H groups in total. The summed E-state index contributed by atoms with van der Waals surface area (Å²) in [6.07, 6.45) is 0. The van der Waals surface area contributed by atoms with Gasteiger partial charge in [-0.15, -0.1) is 11.3 Å². The van der Waals surface area contributed by atoms with Gasteiger partial charge in [0.2, 0.25) is 5.91 Å². The predicted molar refractivity (Wildman–Crippen MR) is 76.3 cm³/mol. The first-order chi connectivity index (χ1) is 9.10. The first-order valence-electron chi connectivity index (χ1n) is 5.41. The number of nitrogens with one attached hydrogen (secondary N) is 1. The molecule has 0 saturated heterocycles. The normalized spacial score (nSPS) is 9.89. The van der Waals surface area contributed by atoms with Crippen molar-refractivity contribution in [2.45, 2.75) is 6.54 Å². The van der Waals surface area contributed by atoms with Crippen LogP contribution < -0.4 is 11.1 Å². The average Bonchev–Trinajstić information content (AvgIpc) is 2.85. The first kappa shape index (κ1) is 13.4. The monoisotopic (exact) mass is 291 g/mol. The van der Waals surface area contributed by atoms with E-state index >= 15 is 0 Å². The van der Waals surface area contributed by atoms with E-state index in [0.29, 0.717) is 28.4 Å². The van der Waals surface area contributed by atoms with Crippen molar-refractivity contribution in [1.29, 1.82) is 5.26 Å². The zero-order valence-electron chi connectivity index (χ0n) is 9.81. The number of carbonyl (C=O) groups excluding carboxylic acids is 1. The van der Waals surface area contributed by atoms with Crippen molar-refractivity contribution in [3.63, 3.8) is 0 Å². The molecule has 0 aliphatic carbocycles. The number of primary amides is 1. The van der Waals surface area contributed by atoms with Gasteiger partial charge in [0.25, 0.3) is 0 Å². The summed E-state index contributed by atoms with van der Waals surface area (Å²) in [7, 11) is 0. The fourth-order valence-electron chi connectivity index (χ4n) is 1.55. The number of rotatable bonds is 4. The van der Waals surface area contributed by atoms with Gasteiger partial charge >= 0.3 is 0 Å². The molecule has 0 spiro atoms. The number of nitriles is 1. The zero-order chi connectivity index (χ0) is 13.8. The molecule has 1 aromatic carbocycles. The van der Waals surface area contributed by atoms with Gasteiger partial charge < -0.3 is 11.1 Å². The van der Waals surface area contributed by atoms with E-state index in [1.165, 1.54) is 11.3 Å². The van der Waals surface area contributed by atoms with E-state index in [0.717, 1.165) is 4.88 Å². The predicted octanol–water partition coefficient (Wildman–Crippen LogP) is 2.98. The molecule has 96 valence electrons. The van der Waals surface area contributed by atoms with Crippen LogP contribution in [0.25, 0.3) is 0 Å². The number of nitrogens with zero attached hydrogens (tertiary/aromatic N) is 1. The highest BCUT2D eigenvalue weighted by Crippen LogP contribution is 2.22. The number of halogens is 1. The van der Waals surface area contributed by atoms with Crippen LogP contribution in [0.2, 0.25) is 5.02 Å². The van der Waals surface area contributed by atoms with Crippen LogP contribution in [-0.2, 0) is 6.54 Å². The maximum atomic E-state index is 11.0. The molecule has 4 nitrogen and oxygen atoms in total. The van der Waals surface area contributed by atoms with Crippen LogP contribution in [0.3, 0.4) is 0 Å². The number of hydrogen-bond acceptors (Lipinski definition) is 4. The molecular formula is C13H10ClN3OS. The summed E-state index contributed by atoms with van der Waals surface area (Å²) in [5.74, 6) is -0.442. The fourth-order valence-corrected chi connectivity index (χ4v) is 2.53. The van der Waals surface area contributed by atoms with E-state index in [2.05, 4.69) is 11.4 Å². The number of anilines is 1. The van der Waals surface area contributed by atoms with Gasteiger partial charge in [-0.2, -0.15) is 5.26 Å². The third-order valence-electron chi connectivity index (χ3n) is 2.49. The number of benzene rings is 1. The van der Waals surface area contributed by atoms with Crippen molar-refractivity contribution in [2.75, 3.05) is 5.32 Å². The van der Waals surface area contributed by atoms with Gasteiger partial charge in [0, 0.05) is 21.8 Å². The molecule has 0 aliphatic heterocycles. The standard InChI is InChI=1S/C13H10ClN3OS/c14-10-2-1-8(5-15)12(4-10)17-6-11-3-9(7-19-11)13(16)18/h1-4,7,17H,6H2,(H2,16,18). The summed E-state index contributed by atoms with van der Waals surface area (Å²) >= 11 is 7.33. The van der Waals surface area contributed by atoms with Crippen LogP contribution in [0.5, 0.6) is 0 Å². The molecule has 0 saturated carbocycles. The highest BCUT2D eigenvalue weighted by Gasteiger charge is 2.06. The minimum Gasteiger partial charge on any atom is -0.379 e. The Hall–Kier alpha value is -2.03. The molecule has 2 aromatic rings. The SMILES string of the molecule is N#Cc1ccc(Cl)cc1NCc1cc(C(N)=O)cs1. The molecule has 6 heteroatoms. The third-order valence-corrected chi connectivity index (χ3v) is 3.67. The maximum Gasteiger partial charge on any atom is 0.249 e. The van der Waals surface area contributed by atoms with Gasteiger partial charge in [0.1, 0.15) is 6.07 Å². The van der Waals surface area contributed by atoms with E-state index in [1.54, 1.807) is 29.6 Å². The lowest BCUT2D eigenvalue weighted by Gasteiger charge is -2.07. The molecule has 0 unspecified atom stereocenters. The Morgan fingerprint density at radius 2 is 2.26 bits per heavy atom. The molecule has 19 heavy (non-hydrogen) atoms. The number of carbonyl (C=O) groups is 1. The summed E-state index contributed by atoms with van der Waals surface area (Å²) in [4.78, 5) is 11.9. The van der Waals surface area contributed by atoms with Gasteiger partial charge in [-0.3, -0.25) is 4.79 Å². The van der Waals surface area contributed by atoms with Gasteiger partial charge in [-0.1, -0.05) is 11.6 Å². The summed E-state index contributed by atoms with van der Waals surface area (Å²) in [5.41, 5.74) is 6.88. The Labute approximate surface area is 119 Å². The van der Waals surface area contributed by atoms with Crippen LogP contribution in [0.1, 0.15) is 20.8 Å². The molecule has 2 rings (SSSR count). The maximum absolute atomic E-state index is 11.0. The molecule has 0 aliphatic rings. The summed E-state index contributed by atoms with van der Waals surface area (Å²) in [6.45, 7) is 0.507. The second kappa shape index (κ2) is 5.74. The summed E-state index contributed by atoms with van der Waals surface area (Å²) in [5, 5.41) is 14.4. The Bertz CT molecular complexity index is 660. The molecule has 0 fully saturated rings. The Kier molecular flexibility index (Phi) is 4.05. The quantitative estimate of drug-likeness (QED) is 0.909. The van der Waals surface area contributed by atoms with E-state index in [-0.39, 0.29) is 0 Å². The topological polar surface area (TPSA) is 78.9 Å². The highest BCUT2D eigenvalue weighted by atomic mass is 35.5. The fraction of sp³-hybridized carbons (Fsp3) is 0.0769. The Morgan fingerprint density at radius 3 is 2.89 bits per heavy atom. The lowest BCUT2D eigenvalue weighted by molar-refractivity contribution is 0.100. The second-order valence-electron chi connectivity index (χ2n) is 3.82. The molecule has 0 radical (unpaired) electrons. The molecule has 1 heterocycles. The first-order valence-corrected chi connectivity index (χ1v) is 6.66. The van der Waals surface area contributed by atoms with Crippen molar-refractivity contribution in [3.05, 3.63) is 50.7 Å².